The molecule has 14 heavy (non-hydrogen) atoms. The maximum Gasteiger partial charge on any atom is 0.0643 e. The first kappa shape index (κ1) is 12.0. The lowest BCUT2D eigenvalue weighted by Crippen LogP contribution is -2.33. The molecule has 1 saturated carbocycles. The van der Waals surface area contributed by atoms with Gasteiger partial charge in [-0.1, -0.05) is 25.7 Å². The van der Waals surface area contributed by atoms with Crippen LogP contribution in [0.15, 0.2) is 0 Å². The van der Waals surface area contributed by atoms with Crippen LogP contribution in [0.25, 0.3) is 0 Å². The van der Waals surface area contributed by atoms with E-state index >= 15 is 0 Å². The monoisotopic (exact) mass is 201 g/mol. The molecule has 0 aliphatic heterocycles. The van der Waals surface area contributed by atoms with Gasteiger partial charge in [0.15, 0.2) is 0 Å². The summed E-state index contributed by atoms with van der Waals surface area (Å²) in [5.41, 5.74) is 5.79. The quantitative estimate of drug-likeness (QED) is 0.689. The lowest BCUT2D eigenvalue weighted by molar-refractivity contribution is 0.0214. The van der Waals surface area contributed by atoms with Crippen molar-refractivity contribution in [2.75, 3.05) is 20.3 Å². The van der Waals surface area contributed by atoms with Crippen molar-refractivity contribution in [3.05, 3.63) is 0 Å². The number of nitrogens with two attached hydrogens (primary N) is 1. The zero-order chi connectivity index (χ0) is 10.2. The first-order chi connectivity index (χ1) is 6.83. The highest BCUT2D eigenvalue weighted by atomic mass is 16.5. The summed E-state index contributed by atoms with van der Waals surface area (Å²) in [6.45, 7) is 1.23. The normalized spacial score (nSPS) is 21.9. The second kappa shape index (κ2) is 7.21. The van der Waals surface area contributed by atoms with E-state index in [1.165, 1.54) is 38.5 Å². The molecule has 3 heteroatoms. The second-order valence-electron chi connectivity index (χ2n) is 4.16. The van der Waals surface area contributed by atoms with Crippen molar-refractivity contribution < 1.29 is 9.47 Å². The maximum absolute atomic E-state index is 5.79. The highest BCUT2D eigenvalue weighted by molar-refractivity contribution is 4.66. The minimum atomic E-state index is 0.0308. The summed E-state index contributed by atoms with van der Waals surface area (Å²) < 4.78 is 10.7. The lowest BCUT2D eigenvalue weighted by Gasteiger charge is -2.18. The van der Waals surface area contributed by atoms with Gasteiger partial charge in [-0.25, -0.2) is 0 Å². The number of rotatable bonds is 5. The van der Waals surface area contributed by atoms with Gasteiger partial charge in [0.05, 0.1) is 25.4 Å². The smallest absolute Gasteiger partial charge is 0.0643 e. The molecule has 1 aliphatic carbocycles. The zero-order valence-electron chi connectivity index (χ0n) is 9.21. The molecule has 0 aromatic heterocycles. The first-order valence-electron chi connectivity index (χ1n) is 5.69. The number of hydrogen-bond acceptors (Lipinski definition) is 3. The largest absolute Gasteiger partial charge is 0.383 e. The Kier molecular flexibility index (Phi) is 6.15. The van der Waals surface area contributed by atoms with Crippen molar-refractivity contribution >= 4 is 0 Å². The number of methoxy groups -OCH3 is 1. The van der Waals surface area contributed by atoms with Gasteiger partial charge in [-0.2, -0.15) is 0 Å². The predicted molar refractivity (Wildman–Crippen MR) is 57.3 cm³/mol. The van der Waals surface area contributed by atoms with Gasteiger partial charge in [-0.15, -0.1) is 0 Å². The van der Waals surface area contributed by atoms with E-state index in [0.717, 1.165) is 0 Å². The fourth-order valence-electron chi connectivity index (χ4n) is 1.93. The Morgan fingerprint density at radius 2 is 1.79 bits per heavy atom. The van der Waals surface area contributed by atoms with Gasteiger partial charge in [0, 0.05) is 7.11 Å². The Morgan fingerprint density at radius 1 is 1.14 bits per heavy atom. The molecule has 0 radical (unpaired) electrons. The van der Waals surface area contributed by atoms with Crippen LogP contribution < -0.4 is 5.73 Å². The summed E-state index contributed by atoms with van der Waals surface area (Å²) in [7, 11) is 1.67. The molecule has 0 aromatic rings. The molecular formula is C11H23NO2. The standard InChI is InChI=1S/C11H23NO2/c1-13-8-10(12)9-14-11-6-4-2-3-5-7-11/h10-11H,2-9,12H2,1H3. The highest BCUT2D eigenvalue weighted by Gasteiger charge is 2.13. The SMILES string of the molecule is COCC(N)COC1CCCCCC1. The molecule has 1 unspecified atom stereocenters. The van der Waals surface area contributed by atoms with E-state index in [2.05, 4.69) is 0 Å². The van der Waals surface area contributed by atoms with Gasteiger partial charge in [0.1, 0.15) is 0 Å². The molecule has 0 heterocycles. The third kappa shape index (κ3) is 4.94. The van der Waals surface area contributed by atoms with E-state index in [0.29, 0.717) is 19.3 Å². The summed E-state index contributed by atoms with van der Waals surface area (Å²) in [5.74, 6) is 0. The van der Waals surface area contributed by atoms with E-state index in [-0.39, 0.29) is 6.04 Å². The van der Waals surface area contributed by atoms with E-state index in [9.17, 15) is 0 Å². The first-order valence-corrected chi connectivity index (χ1v) is 5.69. The van der Waals surface area contributed by atoms with Crippen LogP contribution in [0.3, 0.4) is 0 Å². The minimum absolute atomic E-state index is 0.0308. The summed E-state index contributed by atoms with van der Waals surface area (Å²) >= 11 is 0. The summed E-state index contributed by atoms with van der Waals surface area (Å²) in [6, 6.07) is 0.0308. The van der Waals surface area contributed by atoms with E-state index < -0.39 is 0 Å². The van der Waals surface area contributed by atoms with Crippen LogP contribution >= 0.6 is 0 Å². The topological polar surface area (TPSA) is 44.5 Å². The van der Waals surface area contributed by atoms with Crippen molar-refractivity contribution in [1.82, 2.24) is 0 Å². The fraction of sp³-hybridized carbons (Fsp3) is 1.00. The zero-order valence-corrected chi connectivity index (χ0v) is 9.21. The molecule has 2 N–H and O–H groups in total. The van der Waals surface area contributed by atoms with Gasteiger partial charge in [-0.05, 0) is 12.8 Å². The van der Waals surface area contributed by atoms with Crippen LogP contribution in [0, 0.1) is 0 Å². The molecule has 3 nitrogen and oxygen atoms in total. The van der Waals surface area contributed by atoms with Crippen molar-refractivity contribution in [3.8, 4) is 0 Å². The molecular weight excluding hydrogens is 178 g/mol. The van der Waals surface area contributed by atoms with E-state index in [1.807, 2.05) is 0 Å². The van der Waals surface area contributed by atoms with Crippen molar-refractivity contribution in [2.24, 2.45) is 5.73 Å². The predicted octanol–water partition coefficient (Wildman–Crippen LogP) is 1.70. The average molecular weight is 201 g/mol. The third-order valence-corrected chi connectivity index (χ3v) is 2.73. The highest BCUT2D eigenvalue weighted by Crippen LogP contribution is 2.19. The molecule has 1 aliphatic rings. The molecule has 1 atom stereocenters. The fourth-order valence-corrected chi connectivity index (χ4v) is 1.93. The van der Waals surface area contributed by atoms with Crippen molar-refractivity contribution in [3.63, 3.8) is 0 Å². The molecule has 0 aromatic carbocycles. The Labute approximate surface area is 86.9 Å². The number of hydrogen-bond donors (Lipinski definition) is 1. The van der Waals surface area contributed by atoms with Crippen molar-refractivity contribution in [1.29, 1.82) is 0 Å². The molecule has 84 valence electrons. The van der Waals surface area contributed by atoms with Gasteiger partial charge in [0.25, 0.3) is 0 Å². The average Bonchev–Trinajstić information content (AvgIpc) is 2.43. The van der Waals surface area contributed by atoms with Crippen LogP contribution in [0.5, 0.6) is 0 Å². The van der Waals surface area contributed by atoms with Crippen LogP contribution in [-0.2, 0) is 9.47 Å². The van der Waals surface area contributed by atoms with E-state index in [4.69, 9.17) is 15.2 Å². The number of ether oxygens (including phenoxy) is 2. The minimum Gasteiger partial charge on any atom is -0.383 e. The Balaban J connectivity index is 2.09. The van der Waals surface area contributed by atoms with Crippen LogP contribution in [0.2, 0.25) is 0 Å². The van der Waals surface area contributed by atoms with Gasteiger partial charge >= 0.3 is 0 Å². The molecule has 1 fully saturated rings. The lowest BCUT2D eigenvalue weighted by atomic mass is 10.1. The van der Waals surface area contributed by atoms with Gasteiger partial charge in [-0.3, -0.25) is 0 Å². The Morgan fingerprint density at radius 3 is 2.36 bits per heavy atom. The summed E-state index contributed by atoms with van der Waals surface area (Å²) in [4.78, 5) is 0. The summed E-state index contributed by atoms with van der Waals surface area (Å²) in [5, 5.41) is 0. The van der Waals surface area contributed by atoms with Gasteiger partial charge in [0.2, 0.25) is 0 Å². The summed E-state index contributed by atoms with van der Waals surface area (Å²) in [6.07, 6.45) is 8.21. The third-order valence-electron chi connectivity index (χ3n) is 2.73. The second-order valence-corrected chi connectivity index (χ2v) is 4.16. The van der Waals surface area contributed by atoms with Crippen molar-refractivity contribution in [2.45, 2.75) is 50.7 Å². The molecule has 0 spiro atoms. The molecule has 0 amide bonds. The molecule has 0 saturated heterocycles. The van der Waals surface area contributed by atoms with Crippen LogP contribution in [0.1, 0.15) is 38.5 Å². The maximum atomic E-state index is 5.79. The molecule has 1 rings (SSSR count). The van der Waals surface area contributed by atoms with Gasteiger partial charge < -0.3 is 15.2 Å². The van der Waals surface area contributed by atoms with Crippen LogP contribution in [0.4, 0.5) is 0 Å². The Hall–Kier alpha value is -0.120. The van der Waals surface area contributed by atoms with E-state index in [1.54, 1.807) is 7.11 Å². The molecule has 0 bridgehead atoms. The van der Waals surface area contributed by atoms with Crippen LogP contribution in [-0.4, -0.2) is 32.5 Å². The Bertz CT molecular complexity index is 133.